The van der Waals surface area contributed by atoms with Crippen LogP contribution in [0.4, 0.5) is 0 Å². The van der Waals surface area contributed by atoms with E-state index >= 15 is 0 Å². The van der Waals surface area contributed by atoms with Crippen molar-refractivity contribution in [2.75, 3.05) is 11.6 Å². The highest BCUT2D eigenvalue weighted by Crippen LogP contribution is 2.09. The fourth-order valence-corrected chi connectivity index (χ4v) is 2.89. The van der Waals surface area contributed by atoms with Crippen molar-refractivity contribution < 1.29 is 8.42 Å². The fourth-order valence-electron chi connectivity index (χ4n) is 1.31. The molecule has 1 aromatic heterocycles. The topological polar surface area (TPSA) is 76.9 Å². The van der Waals surface area contributed by atoms with Crippen LogP contribution in [-0.4, -0.2) is 34.8 Å². The highest BCUT2D eigenvalue weighted by molar-refractivity contribution is 7.89. The van der Waals surface area contributed by atoms with Gasteiger partial charge in [-0.25, -0.2) is 13.1 Å². The molecule has 1 rings (SSSR count). The van der Waals surface area contributed by atoms with Crippen LogP contribution >= 0.6 is 11.6 Å². The van der Waals surface area contributed by atoms with E-state index in [0.717, 1.165) is 0 Å². The molecule has 0 bridgehead atoms. The molecule has 1 heterocycles. The molecule has 6 nitrogen and oxygen atoms in total. The lowest BCUT2D eigenvalue weighted by Gasteiger charge is -2.12. The molecule has 0 saturated carbocycles. The molecule has 0 spiro atoms. The number of aromatic nitrogens is 3. The average Bonchev–Trinajstić information content (AvgIpc) is 2.61. The quantitative estimate of drug-likeness (QED) is 0.758. The normalized spacial score (nSPS) is 13.9. The predicted octanol–water partition coefficient (Wildman–Crippen LogP) is 0.424. The van der Waals surface area contributed by atoms with Gasteiger partial charge in [-0.1, -0.05) is 0 Å². The lowest BCUT2D eigenvalue weighted by atomic mass is 10.3. The standard InChI is InChI=1S/C8H15ClN4O2S/c1-7(8-11-10-6-13(8)2)12-16(14,15)5-3-4-9/h6-7,12H,3-5H2,1-2H3. The van der Waals surface area contributed by atoms with Gasteiger partial charge in [0, 0.05) is 12.9 Å². The summed E-state index contributed by atoms with van der Waals surface area (Å²) in [5.41, 5.74) is 0. The molecule has 1 N–H and O–H groups in total. The molecule has 1 atom stereocenters. The molecule has 0 radical (unpaired) electrons. The number of hydrogen-bond donors (Lipinski definition) is 1. The number of rotatable bonds is 6. The summed E-state index contributed by atoms with van der Waals surface area (Å²) in [4.78, 5) is 0. The predicted molar refractivity (Wildman–Crippen MR) is 61.7 cm³/mol. The third-order valence-corrected chi connectivity index (χ3v) is 3.84. The van der Waals surface area contributed by atoms with E-state index in [1.54, 1.807) is 18.5 Å². The van der Waals surface area contributed by atoms with Crippen LogP contribution in [0.5, 0.6) is 0 Å². The number of aryl methyl sites for hydroxylation is 1. The van der Waals surface area contributed by atoms with Gasteiger partial charge >= 0.3 is 0 Å². The van der Waals surface area contributed by atoms with Gasteiger partial charge in [-0.05, 0) is 13.3 Å². The second-order valence-corrected chi connectivity index (χ2v) is 5.75. The van der Waals surface area contributed by atoms with Gasteiger partial charge in [0.1, 0.15) is 12.2 Å². The van der Waals surface area contributed by atoms with Crippen molar-refractivity contribution in [1.82, 2.24) is 19.5 Å². The SMILES string of the molecule is CC(NS(=O)(=O)CCCCl)c1nncn1C. The number of halogens is 1. The molecule has 0 aromatic carbocycles. The monoisotopic (exact) mass is 266 g/mol. The molecule has 0 aliphatic rings. The lowest BCUT2D eigenvalue weighted by Crippen LogP contribution is -2.30. The van der Waals surface area contributed by atoms with E-state index < -0.39 is 16.1 Å². The molecule has 8 heteroatoms. The maximum absolute atomic E-state index is 11.6. The average molecular weight is 267 g/mol. The Morgan fingerprint density at radius 1 is 1.62 bits per heavy atom. The first-order valence-corrected chi connectivity index (χ1v) is 7.05. The Labute approximate surface area is 100 Å². The Bertz CT molecular complexity index is 431. The van der Waals surface area contributed by atoms with E-state index in [0.29, 0.717) is 18.1 Å². The minimum Gasteiger partial charge on any atom is -0.319 e. The van der Waals surface area contributed by atoms with Crippen LogP contribution in [0.3, 0.4) is 0 Å². The van der Waals surface area contributed by atoms with Gasteiger partial charge in [0.05, 0.1) is 11.8 Å². The van der Waals surface area contributed by atoms with E-state index in [9.17, 15) is 8.42 Å². The van der Waals surface area contributed by atoms with Crippen LogP contribution in [0.2, 0.25) is 0 Å². The van der Waals surface area contributed by atoms with Crippen molar-refractivity contribution in [3.63, 3.8) is 0 Å². The smallest absolute Gasteiger partial charge is 0.212 e. The van der Waals surface area contributed by atoms with Crippen molar-refractivity contribution in [2.24, 2.45) is 7.05 Å². The summed E-state index contributed by atoms with van der Waals surface area (Å²) >= 11 is 5.45. The van der Waals surface area contributed by atoms with E-state index in [-0.39, 0.29) is 5.75 Å². The van der Waals surface area contributed by atoms with Crippen LogP contribution in [-0.2, 0) is 17.1 Å². The zero-order valence-corrected chi connectivity index (χ0v) is 10.8. The Morgan fingerprint density at radius 3 is 2.81 bits per heavy atom. The third kappa shape index (κ3) is 3.73. The Morgan fingerprint density at radius 2 is 2.31 bits per heavy atom. The van der Waals surface area contributed by atoms with Crippen molar-refractivity contribution in [3.8, 4) is 0 Å². The highest BCUT2D eigenvalue weighted by Gasteiger charge is 2.18. The summed E-state index contributed by atoms with van der Waals surface area (Å²) in [5, 5.41) is 7.53. The molecule has 16 heavy (non-hydrogen) atoms. The second kappa shape index (κ2) is 5.60. The molecule has 92 valence electrons. The zero-order chi connectivity index (χ0) is 12.2. The van der Waals surface area contributed by atoms with E-state index in [2.05, 4.69) is 14.9 Å². The summed E-state index contributed by atoms with van der Waals surface area (Å²) < 4.78 is 27.4. The largest absolute Gasteiger partial charge is 0.319 e. The van der Waals surface area contributed by atoms with E-state index in [1.807, 2.05) is 0 Å². The molecule has 0 aliphatic heterocycles. The first-order valence-electron chi connectivity index (χ1n) is 4.86. The summed E-state index contributed by atoms with van der Waals surface area (Å²) in [6, 6.07) is -0.396. The minimum atomic E-state index is -3.30. The maximum Gasteiger partial charge on any atom is 0.212 e. The lowest BCUT2D eigenvalue weighted by molar-refractivity contribution is 0.552. The first kappa shape index (κ1) is 13.4. The van der Waals surface area contributed by atoms with Crippen LogP contribution in [0, 0.1) is 0 Å². The molecule has 0 aliphatic carbocycles. The van der Waals surface area contributed by atoms with Gasteiger partial charge < -0.3 is 4.57 Å². The van der Waals surface area contributed by atoms with Gasteiger partial charge in [-0.2, -0.15) is 0 Å². The second-order valence-electron chi connectivity index (χ2n) is 3.50. The Balaban J connectivity index is 2.64. The highest BCUT2D eigenvalue weighted by atomic mass is 35.5. The Kier molecular flexibility index (Phi) is 4.69. The molecule has 0 amide bonds. The number of hydrogen-bond acceptors (Lipinski definition) is 4. The van der Waals surface area contributed by atoms with Crippen LogP contribution in [0.25, 0.3) is 0 Å². The molecule has 0 saturated heterocycles. The van der Waals surface area contributed by atoms with Crippen LogP contribution in [0.1, 0.15) is 25.2 Å². The van der Waals surface area contributed by atoms with Gasteiger partial charge in [0.15, 0.2) is 0 Å². The first-order chi connectivity index (χ1) is 7.46. The fraction of sp³-hybridized carbons (Fsp3) is 0.750. The molecule has 1 unspecified atom stereocenters. The van der Waals surface area contributed by atoms with Crippen LogP contribution < -0.4 is 4.72 Å². The Hall–Kier alpha value is -0.660. The van der Waals surface area contributed by atoms with Crippen molar-refractivity contribution >= 4 is 21.6 Å². The van der Waals surface area contributed by atoms with Gasteiger partial charge in [-0.3, -0.25) is 0 Å². The van der Waals surface area contributed by atoms with E-state index in [4.69, 9.17) is 11.6 Å². The molecular weight excluding hydrogens is 252 g/mol. The van der Waals surface area contributed by atoms with Gasteiger partial charge in [0.2, 0.25) is 10.0 Å². The number of sulfonamides is 1. The summed E-state index contributed by atoms with van der Waals surface area (Å²) in [6.45, 7) is 1.72. The molecule has 0 fully saturated rings. The van der Waals surface area contributed by atoms with Crippen molar-refractivity contribution in [1.29, 1.82) is 0 Å². The van der Waals surface area contributed by atoms with Crippen molar-refractivity contribution in [3.05, 3.63) is 12.2 Å². The van der Waals surface area contributed by atoms with Gasteiger partial charge in [-0.15, -0.1) is 21.8 Å². The third-order valence-electron chi connectivity index (χ3n) is 2.04. The van der Waals surface area contributed by atoms with Crippen LogP contribution in [0.15, 0.2) is 6.33 Å². The number of nitrogens with one attached hydrogen (secondary N) is 1. The minimum absolute atomic E-state index is 0.0265. The summed E-state index contributed by atoms with van der Waals surface area (Å²) in [7, 11) is -1.54. The molecule has 1 aromatic rings. The summed E-state index contributed by atoms with van der Waals surface area (Å²) in [5.74, 6) is 0.937. The molecular formula is C8H15ClN4O2S. The zero-order valence-electron chi connectivity index (χ0n) is 9.22. The maximum atomic E-state index is 11.6. The summed E-state index contributed by atoms with van der Waals surface area (Å²) in [6.07, 6.45) is 1.96. The van der Waals surface area contributed by atoms with Crippen molar-refractivity contribution in [2.45, 2.75) is 19.4 Å². The number of alkyl halides is 1. The van der Waals surface area contributed by atoms with Gasteiger partial charge in [0.25, 0.3) is 0 Å². The van der Waals surface area contributed by atoms with E-state index in [1.165, 1.54) is 6.33 Å². The number of nitrogens with zero attached hydrogens (tertiary/aromatic N) is 3.